The Kier molecular flexibility index (Phi) is 3.89. The summed E-state index contributed by atoms with van der Waals surface area (Å²) in [6.07, 6.45) is 0. The number of rotatable bonds is 3. The SMILES string of the molecule is CNC(c1cc2cccc(Cl)c2o1)c1cccc(F)c1Cl. The van der Waals surface area contributed by atoms with Crippen molar-refractivity contribution in [2.45, 2.75) is 6.04 Å². The van der Waals surface area contributed by atoms with Crippen molar-refractivity contribution in [3.63, 3.8) is 0 Å². The first-order chi connectivity index (χ1) is 10.1. The normalized spacial score (nSPS) is 12.8. The van der Waals surface area contributed by atoms with Crippen molar-refractivity contribution in [2.24, 2.45) is 0 Å². The minimum Gasteiger partial charge on any atom is -0.457 e. The van der Waals surface area contributed by atoms with Crippen LogP contribution >= 0.6 is 23.2 Å². The van der Waals surface area contributed by atoms with Crippen molar-refractivity contribution in [2.75, 3.05) is 7.05 Å². The van der Waals surface area contributed by atoms with Crippen LogP contribution in [0.1, 0.15) is 17.4 Å². The molecule has 0 aliphatic rings. The molecule has 0 spiro atoms. The van der Waals surface area contributed by atoms with Crippen molar-refractivity contribution >= 4 is 34.2 Å². The number of halogens is 3. The van der Waals surface area contributed by atoms with E-state index in [4.69, 9.17) is 27.6 Å². The lowest BCUT2D eigenvalue weighted by atomic mass is 10.0. The van der Waals surface area contributed by atoms with E-state index in [1.165, 1.54) is 6.07 Å². The fourth-order valence-corrected chi connectivity index (χ4v) is 2.84. The van der Waals surface area contributed by atoms with Crippen LogP contribution < -0.4 is 5.32 Å². The molecule has 0 aliphatic heterocycles. The maximum Gasteiger partial charge on any atom is 0.152 e. The third kappa shape index (κ3) is 2.53. The van der Waals surface area contributed by atoms with Gasteiger partial charge < -0.3 is 9.73 Å². The van der Waals surface area contributed by atoms with E-state index >= 15 is 0 Å². The largest absolute Gasteiger partial charge is 0.457 e. The first kappa shape index (κ1) is 14.4. The predicted molar refractivity (Wildman–Crippen MR) is 83.5 cm³/mol. The fourth-order valence-electron chi connectivity index (χ4n) is 2.38. The molecule has 1 heterocycles. The quantitative estimate of drug-likeness (QED) is 0.717. The second-order valence-electron chi connectivity index (χ2n) is 4.67. The Morgan fingerprint density at radius 1 is 1.14 bits per heavy atom. The highest BCUT2D eigenvalue weighted by molar-refractivity contribution is 6.34. The molecule has 3 rings (SSSR count). The molecule has 0 aliphatic carbocycles. The van der Waals surface area contributed by atoms with Crippen LogP contribution in [0.3, 0.4) is 0 Å². The van der Waals surface area contributed by atoms with Gasteiger partial charge in [0.25, 0.3) is 0 Å². The molecule has 1 unspecified atom stereocenters. The number of nitrogens with one attached hydrogen (secondary N) is 1. The van der Waals surface area contributed by atoms with Crippen molar-refractivity contribution in [3.8, 4) is 0 Å². The van der Waals surface area contributed by atoms with Gasteiger partial charge in [0.05, 0.1) is 16.1 Å². The molecule has 2 nitrogen and oxygen atoms in total. The summed E-state index contributed by atoms with van der Waals surface area (Å²) in [5.74, 6) is 0.177. The van der Waals surface area contributed by atoms with E-state index in [0.29, 0.717) is 21.9 Å². The maximum atomic E-state index is 13.6. The number of para-hydroxylation sites is 1. The molecule has 0 fully saturated rings. The fraction of sp³-hybridized carbons (Fsp3) is 0.125. The van der Waals surface area contributed by atoms with Crippen LogP contribution in [0.25, 0.3) is 11.0 Å². The Hall–Kier alpha value is -1.55. The van der Waals surface area contributed by atoms with Gasteiger partial charge in [-0.15, -0.1) is 0 Å². The first-order valence-electron chi connectivity index (χ1n) is 6.41. The lowest BCUT2D eigenvalue weighted by Gasteiger charge is -2.15. The lowest BCUT2D eigenvalue weighted by Crippen LogP contribution is -2.17. The average Bonchev–Trinajstić information content (AvgIpc) is 2.89. The van der Waals surface area contributed by atoms with E-state index < -0.39 is 5.82 Å². The van der Waals surface area contributed by atoms with Gasteiger partial charge in [0.1, 0.15) is 11.6 Å². The van der Waals surface area contributed by atoms with Gasteiger partial charge in [0, 0.05) is 5.39 Å². The van der Waals surface area contributed by atoms with E-state index in [0.717, 1.165) is 5.39 Å². The van der Waals surface area contributed by atoms with Crippen molar-refractivity contribution in [1.82, 2.24) is 5.32 Å². The van der Waals surface area contributed by atoms with E-state index in [9.17, 15) is 4.39 Å². The molecule has 1 aromatic heterocycles. The molecule has 5 heteroatoms. The second kappa shape index (κ2) is 5.68. The number of hydrogen-bond acceptors (Lipinski definition) is 2. The average molecular weight is 324 g/mol. The highest BCUT2D eigenvalue weighted by Crippen LogP contribution is 2.34. The Morgan fingerprint density at radius 3 is 2.62 bits per heavy atom. The van der Waals surface area contributed by atoms with Crippen LogP contribution in [0, 0.1) is 5.82 Å². The summed E-state index contributed by atoms with van der Waals surface area (Å²) in [5, 5.41) is 4.62. The minimum absolute atomic E-state index is 0.0865. The number of furan rings is 1. The number of fused-ring (bicyclic) bond motifs is 1. The van der Waals surface area contributed by atoms with Gasteiger partial charge in [-0.3, -0.25) is 0 Å². The summed E-state index contributed by atoms with van der Waals surface area (Å²) >= 11 is 12.2. The number of hydrogen-bond donors (Lipinski definition) is 1. The molecule has 21 heavy (non-hydrogen) atoms. The van der Waals surface area contributed by atoms with Crippen LogP contribution in [-0.4, -0.2) is 7.05 Å². The van der Waals surface area contributed by atoms with Crippen LogP contribution in [0.15, 0.2) is 46.9 Å². The van der Waals surface area contributed by atoms with Gasteiger partial charge >= 0.3 is 0 Å². The molecule has 0 amide bonds. The highest BCUT2D eigenvalue weighted by atomic mass is 35.5. The molecule has 0 saturated carbocycles. The molecule has 1 N–H and O–H groups in total. The monoisotopic (exact) mass is 323 g/mol. The molecule has 2 aromatic carbocycles. The zero-order valence-electron chi connectivity index (χ0n) is 11.2. The van der Waals surface area contributed by atoms with E-state index in [1.54, 1.807) is 25.2 Å². The highest BCUT2D eigenvalue weighted by Gasteiger charge is 2.21. The van der Waals surface area contributed by atoms with Gasteiger partial charge in [-0.1, -0.05) is 47.5 Å². The van der Waals surface area contributed by atoms with Crippen molar-refractivity contribution in [3.05, 3.63) is 69.7 Å². The summed E-state index contributed by atoms with van der Waals surface area (Å²) in [5.41, 5.74) is 1.23. The van der Waals surface area contributed by atoms with E-state index in [2.05, 4.69) is 5.32 Å². The molecule has 1 atom stereocenters. The van der Waals surface area contributed by atoms with Crippen LogP contribution in [0.4, 0.5) is 4.39 Å². The molecular weight excluding hydrogens is 312 g/mol. The predicted octanol–water partition coefficient (Wildman–Crippen LogP) is 5.19. The van der Waals surface area contributed by atoms with Crippen LogP contribution in [0.5, 0.6) is 0 Å². The first-order valence-corrected chi connectivity index (χ1v) is 7.16. The molecular formula is C16H12Cl2FNO. The summed E-state index contributed by atoms with van der Waals surface area (Å²) in [6, 6.07) is 11.8. The number of benzene rings is 2. The molecule has 3 aromatic rings. The lowest BCUT2D eigenvalue weighted by molar-refractivity contribution is 0.490. The second-order valence-corrected chi connectivity index (χ2v) is 5.46. The van der Waals surface area contributed by atoms with Gasteiger partial charge in [-0.05, 0) is 30.8 Å². The molecule has 0 radical (unpaired) electrons. The Morgan fingerprint density at radius 2 is 1.90 bits per heavy atom. The van der Waals surface area contributed by atoms with Crippen LogP contribution in [0.2, 0.25) is 10.0 Å². The van der Waals surface area contributed by atoms with Crippen molar-refractivity contribution < 1.29 is 8.81 Å². The van der Waals surface area contributed by atoms with Gasteiger partial charge in [0.15, 0.2) is 5.58 Å². The van der Waals surface area contributed by atoms with Gasteiger partial charge in [-0.2, -0.15) is 0 Å². The van der Waals surface area contributed by atoms with Crippen molar-refractivity contribution in [1.29, 1.82) is 0 Å². The Labute approximate surface area is 131 Å². The third-order valence-electron chi connectivity index (χ3n) is 3.38. The van der Waals surface area contributed by atoms with E-state index in [-0.39, 0.29) is 11.1 Å². The molecule has 108 valence electrons. The van der Waals surface area contributed by atoms with Crippen LogP contribution in [-0.2, 0) is 0 Å². The zero-order chi connectivity index (χ0) is 15.0. The molecule has 0 saturated heterocycles. The van der Waals surface area contributed by atoms with Gasteiger partial charge in [0.2, 0.25) is 0 Å². The smallest absolute Gasteiger partial charge is 0.152 e. The molecule has 0 bridgehead atoms. The third-order valence-corrected chi connectivity index (χ3v) is 4.08. The summed E-state index contributed by atoms with van der Waals surface area (Å²) in [4.78, 5) is 0. The summed E-state index contributed by atoms with van der Waals surface area (Å²) in [7, 11) is 1.76. The standard InChI is InChI=1S/C16H12Cl2FNO/c1-20-15(10-5-3-7-12(19)14(10)18)13-8-9-4-2-6-11(17)16(9)21-13/h2-8,15,20H,1H3. The topological polar surface area (TPSA) is 25.2 Å². The minimum atomic E-state index is -0.455. The Balaban J connectivity index is 2.14. The van der Waals surface area contributed by atoms with Gasteiger partial charge in [-0.25, -0.2) is 4.39 Å². The summed E-state index contributed by atoms with van der Waals surface area (Å²) in [6.45, 7) is 0. The maximum absolute atomic E-state index is 13.6. The summed E-state index contributed by atoms with van der Waals surface area (Å²) < 4.78 is 19.5. The Bertz CT molecular complexity index is 800. The van der Waals surface area contributed by atoms with E-state index in [1.807, 2.05) is 18.2 Å². The zero-order valence-corrected chi connectivity index (χ0v) is 12.7.